The number of imidazole rings is 1. The van der Waals surface area contributed by atoms with Crippen molar-refractivity contribution >= 4 is 0 Å². The molecule has 15 heavy (non-hydrogen) atoms. The standard InChI is InChI=1S/C11H22N4/c1-4-15(5-2)7-6-12-8-11-9-14(3)10-13-11/h9-10,12H,4-8H2,1-3H3. The van der Waals surface area contributed by atoms with Crippen LogP contribution in [0.3, 0.4) is 0 Å². The van der Waals surface area contributed by atoms with Crippen LogP contribution in [-0.4, -0.2) is 40.6 Å². The first-order valence-electron chi connectivity index (χ1n) is 5.66. The first-order chi connectivity index (χ1) is 7.26. The maximum atomic E-state index is 4.26. The zero-order valence-corrected chi connectivity index (χ0v) is 10.0. The summed E-state index contributed by atoms with van der Waals surface area (Å²) in [5.74, 6) is 0. The van der Waals surface area contributed by atoms with Crippen molar-refractivity contribution in [1.29, 1.82) is 0 Å². The van der Waals surface area contributed by atoms with Gasteiger partial charge < -0.3 is 14.8 Å². The molecule has 0 saturated heterocycles. The molecule has 1 N–H and O–H groups in total. The van der Waals surface area contributed by atoms with Crippen LogP contribution in [0.2, 0.25) is 0 Å². The normalized spacial score (nSPS) is 11.2. The Morgan fingerprint density at radius 2 is 2.13 bits per heavy atom. The minimum absolute atomic E-state index is 0.863. The van der Waals surface area contributed by atoms with Gasteiger partial charge in [0.15, 0.2) is 0 Å². The lowest BCUT2D eigenvalue weighted by atomic mass is 10.4. The van der Waals surface area contributed by atoms with Gasteiger partial charge in [-0.3, -0.25) is 0 Å². The highest BCUT2D eigenvalue weighted by Gasteiger charge is 1.99. The van der Waals surface area contributed by atoms with E-state index in [4.69, 9.17) is 0 Å². The van der Waals surface area contributed by atoms with Crippen LogP contribution in [0.4, 0.5) is 0 Å². The van der Waals surface area contributed by atoms with E-state index in [1.165, 1.54) is 0 Å². The number of rotatable bonds is 7. The molecule has 0 aliphatic carbocycles. The predicted octanol–water partition coefficient (Wildman–Crippen LogP) is 0.851. The fraction of sp³-hybridized carbons (Fsp3) is 0.727. The number of likely N-dealkylation sites (N-methyl/N-ethyl adjacent to an activating group) is 1. The number of aryl methyl sites for hydroxylation is 1. The third-order valence-corrected chi connectivity index (χ3v) is 2.56. The highest BCUT2D eigenvalue weighted by Crippen LogP contribution is 1.92. The summed E-state index contributed by atoms with van der Waals surface area (Å²) in [6, 6.07) is 0. The van der Waals surface area contributed by atoms with E-state index in [9.17, 15) is 0 Å². The zero-order chi connectivity index (χ0) is 11.1. The largest absolute Gasteiger partial charge is 0.340 e. The molecular formula is C11H22N4. The Morgan fingerprint density at radius 1 is 1.40 bits per heavy atom. The van der Waals surface area contributed by atoms with Crippen molar-refractivity contribution in [2.45, 2.75) is 20.4 Å². The van der Waals surface area contributed by atoms with Crippen LogP contribution in [0.5, 0.6) is 0 Å². The summed E-state index contributed by atoms with van der Waals surface area (Å²) in [7, 11) is 1.99. The van der Waals surface area contributed by atoms with E-state index in [0.717, 1.165) is 38.4 Å². The van der Waals surface area contributed by atoms with Gasteiger partial charge in [-0.25, -0.2) is 4.98 Å². The lowest BCUT2D eigenvalue weighted by Crippen LogP contribution is -2.31. The summed E-state index contributed by atoms with van der Waals surface area (Å²) in [5.41, 5.74) is 1.11. The molecule has 0 aliphatic heterocycles. The fourth-order valence-corrected chi connectivity index (χ4v) is 1.55. The highest BCUT2D eigenvalue weighted by atomic mass is 15.1. The van der Waals surface area contributed by atoms with Gasteiger partial charge in [-0.15, -0.1) is 0 Å². The van der Waals surface area contributed by atoms with Crippen molar-refractivity contribution in [3.63, 3.8) is 0 Å². The highest BCUT2D eigenvalue weighted by molar-refractivity contribution is 4.95. The Morgan fingerprint density at radius 3 is 2.67 bits per heavy atom. The van der Waals surface area contributed by atoms with Crippen LogP contribution in [0.15, 0.2) is 12.5 Å². The Hall–Kier alpha value is -0.870. The molecular weight excluding hydrogens is 188 g/mol. The minimum atomic E-state index is 0.863. The number of nitrogens with one attached hydrogen (secondary N) is 1. The van der Waals surface area contributed by atoms with Crippen LogP contribution in [0.1, 0.15) is 19.5 Å². The summed E-state index contributed by atoms with van der Waals surface area (Å²) in [4.78, 5) is 6.67. The van der Waals surface area contributed by atoms with E-state index >= 15 is 0 Å². The van der Waals surface area contributed by atoms with E-state index in [0.29, 0.717) is 0 Å². The maximum Gasteiger partial charge on any atom is 0.0947 e. The van der Waals surface area contributed by atoms with Gasteiger partial charge in [-0.2, -0.15) is 0 Å². The van der Waals surface area contributed by atoms with Crippen LogP contribution < -0.4 is 5.32 Å². The molecule has 0 aliphatic rings. The molecule has 86 valence electrons. The van der Waals surface area contributed by atoms with Crippen molar-refractivity contribution in [2.75, 3.05) is 26.2 Å². The molecule has 1 aromatic rings. The van der Waals surface area contributed by atoms with E-state index in [1.54, 1.807) is 0 Å². The SMILES string of the molecule is CCN(CC)CCNCc1cn(C)cn1. The molecule has 0 unspecified atom stereocenters. The molecule has 1 rings (SSSR count). The second kappa shape index (κ2) is 6.58. The second-order valence-electron chi connectivity index (χ2n) is 3.73. The second-order valence-corrected chi connectivity index (χ2v) is 3.73. The molecule has 1 heterocycles. The Bertz CT molecular complexity index is 265. The van der Waals surface area contributed by atoms with Crippen LogP contribution in [0, 0.1) is 0 Å². The number of nitrogens with zero attached hydrogens (tertiary/aromatic N) is 3. The topological polar surface area (TPSA) is 33.1 Å². The van der Waals surface area contributed by atoms with Crippen LogP contribution in [-0.2, 0) is 13.6 Å². The van der Waals surface area contributed by atoms with Gasteiger partial charge in [-0.1, -0.05) is 13.8 Å². The Kier molecular flexibility index (Phi) is 5.36. The minimum Gasteiger partial charge on any atom is -0.340 e. The third kappa shape index (κ3) is 4.44. The number of hydrogen-bond donors (Lipinski definition) is 1. The van der Waals surface area contributed by atoms with E-state index in [-0.39, 0.29) is 0 Å². The molecule has 0 bridgehead atoms. The molecule has 1 aromatic heterocycles. The van der Waals surface area contributed by atoms with Crippen molar-refractivity contribution < 1.29 is 0 Å². The first-order valence-corrected chi connectivity index (χ1v) is 5.66. The maximum absolute atomic E-state index is 4.26. The Labute approximate surface area is 92.3 Å². The van der Waals surface area contributed by atoms with Gasteiger partial charge in [0.1, 0.15) is 0 Å². The molecule has 0 fully saturated rings. The third-order valence-electron chi connectivity index (χ3n) is 2.56. The van der Waals surface area contributed by atoms with Crippen molar-refractivity contribution in [3.05, 3.63) is 18.2 Å². The fourth-order valence-electron chi connectivity index (χ4n) is 1.55. The van der Waals surface area contributed by atoms with Gasteiger partial charge in [0, 0.05) is 32.9 Å². The van der Waals surface area contributed by atoms with E-state index < -0.39 is 0 Å². The molecule has 0 aromatic carbocycles. The zero-order valence-electron chi connectivity index (χ0n) is 10.0. The predicted molar refractivity (Wildman–Crippen MR) is 62.7 cm³/mol. The molecule has 4 nitrogen and oxygen atoms in total. The Balaban J connectivity index is 2.11. The first kappa shape index (κ1) is 12.2. The average molecular weight is 210 g/mol. The summed E-state index contributed by atoms with van der Waals surface area (Å²) in [6.45, 7) is 9.65. The monoisotopic (exact) mass is 210 g/mol. The van der Waals surface area contributed by atoms with Gasteiger partial charge in [0.2, 0.25) is 0 Å². The smallest absolute Gasteiger partial charge is 0.0947 e. The van der Waals surface area contributed by atoms with E-state index in [1.807, 2.05) is 24.1 Å². The van der Waals surface area contributed by atoms with Crippen LogP contribution >= 0.6 is 0 Å². The van der Waals surface area contributed by atoms with Crippen LogP contribution in [0.25, 0.3) is 0 Å². The number of aromatic nitrogens is 2. The molecule has 0 saturated carbocycles. The lowest BCUT2D eigenvalue weighted by molar-refractivity contribution is 0.302. The summed E-state index contributed by atoms with van der Waals surface area (Å²) in [5, 5.41) is 3.40. The average Bonchev–Trinajstić information content (AvgIpc) is 2.65. The van der Waals surface area contributed by atoms with Crippen molar-refractivity contribution in [1.82, 2.24) is 19.8 Å². The summed E-state index contributed by atoms with van der Waals surface area (Å²) < 4.78 is 1.97. The quantitative estimate of drug-likeness (QED) is 0.677. The van der Waals surface area contributed by atoms with Crippen molar-refractivity contribution in [3.8, 4) is 0 Å². The lowest BCUT2D eigenvalue weighted by Gasteiger charge is -2.17. The van der Waals surface area contributed by atoms with Gasteiger partial charge in [0.25, 0.3) is 0 Å². The molecule has 4 heteroatoms. The molecule has 0 amide bonds. The van der Waals surface area contributed by atoms with Crippen molar-refractivity contribution in [2.24, 2.45) is 7.05 Å². The van der Waals surface area contributed by atoms with Gasteiger partial charge >= 0.3 is 0 Å². The molecule has 0 radical (unpaired) electrons. The molecule has 0 spiro atoms. The number of hydrogen-bond acceptors (Lipinski definition) is 3. The van der Waals surface area contributed by atoms with Gasteiger partial charge in [-0.05, 0) is 13.1 Å². The van der Waals surface area contributed by atoms with E-state index in [2.05, 4.69) is 29.0 Å². The molecule has 0 atom stereocenters. The van der Waals surface area contributed by atoms with Gasteiger partial charge in [0.05, 0.1) is 12.0 Å². The summed E-state index contributed by atoms with van der Waals surface area (Å²) in [6.07, 6.45) is 3.88. The summed E-state index contributed by atoms with van der Waals surface area (Å²) >= 11 is 0.